The first-order valence-corrected chi connectivity index (χ1v) is 10.5. The van der Waals surface area contributed by atoms with Crippen molar-refractivity contribution in [1.29, 1.82) is 0 Å². The maximum Gasteiger partial charge on any atom is 0.223 e. The van der Waals surface area contributed by atoms with Crippen molar-refractivity contribution in [2.75, 3.05) is 13.1 Å². The number of hydrogen-bond acceptors (Lipinski definition) is 4. The van der Waals surface area contributed by atoms with Gasteiger partial charge in [0.05, 0.1) is 6.04 Å². The summed E-state index contributed by atoms with van der Waals surface area (Å²) >= 11 is 0. The average Bonchev–Trinajstić information content (AvgIpc) is 3.42. The zero-order chi connectivity index (χ0) is 20.0. The van der Waals surface area contributed by atoms with Gasteiger partial charge >= 0.3 is 0 Å². The molecule has 0 unspecified atom stereocenters. The minimum absolute atomic E-state index is 0.0435. The van der Waals surface area contributed by atoms with Crippen LogP contribution in [0.15, 0.2) is 30.5 Å². The van der Waals surface area contributed by atoms with Crippen LogP contribution in [0.25, 0.3) is 10.9 Å². The van der Waals surface area contributed by atoms with Gasteiger partial charge in [0.2, 0.25) is 5.91 Å². The lowest BCUT2D eigenvalue weighted by Gasteiger charge is -2.37. The topological polar surface area (TPSA) is 78.8 Å². The number of carbonyl (C=O) groups is 1. The van der Waals surface area contributed by atoms with Crippen LogP contribution in [-0.4, -0.2) is 49.7 Å². The van der Waals surface area contributed by atoms with Gasteiger partial charge in [-0.2, -0.15) is 5.10 Å². The molecule has 0 radical (unpaired) electrons. The highest BCUT2D eigenvalue weighted by molar-refractivity contribution is 5.84. The third-order valence-electron chi connectivity index (χ3n) is 6.29. The van der Waals surface area contributed by atoms with E-state index in [1.165, 1.54) is 16.5 Å². The Bertz CT molecular complexity index is 1030. The lowest BCUT2D eigenvalue weighted by atomic mass is 9.90. The van der Waals surface area contributed by atoms with E-state index in [0.717, 1.165) is 50.5 Å². The van der Waals surface area contributed by atoms with Gasteiger partial charge < -0.3 is 9.88 Å². The molecule has 0 spiro atoms. The molecule has 2 fully saturated rings. The summed E-state index contributed by atoms with van der Waals surface area (Å²) in [6.45, 7) is 4.60. The van der Waals surface area contributed by atoms with Crippen LogP contribution in [0.3, 0.4) is 0 Å². The Morgan fingerprint density at radius 3 is 2.86 bits per heavy atom. The predicted octanol–water partition coefficient (Wildman–Crippen LogP) is 2.49. The van der Waals surface area contributed by atoms with Crippen LogP contribution >= 0.6 is 0 Å². The number of fused-ring (bicyclic) bond motifs is 1. The van der Waals surface area contributed by atoms with Crippen molar-refractivity contribution >= 4 is 16.8 Å². The van der Waals surface area contributed by atoms with E-state index in [9.17, 15) is 4.79 Å². The third kappa shape index (κ3) is 3.67. The first kappa shape index (κ1) is 18.4. The highest BCUT2D eigenvalue weighted by atomic mass is 16.2. The van der Waals surface area contributed by atoms with E-state index in [0.29, 0.717) is 0 Å². The SMILES string of the molecule is Cc1nc([C@H]2CCN(Cc3cn(C)c4ccccc34)C[C@H]2NC(=O)C2CC2)n[nH]1. The number of nitrogens with one attached hydrogen (secondary N) is 2. The second-order valence-electron chi connectivity index (χ2n) is 8.58. The highest BCUT2D eigenvalue weighted by Gasteiger charge is 2.37. The summed E-state index contributed by atoms with van der Waals surface area (Å²) in [6, 6.07) is 8.58. The molecule has 7 heteroatoms. The fourth-order valence-corrected chi connectivity index (χ4v) is 4.58. The number of benzene rings is 1. The number of para-hydroxylation sites is 1. The Balaban J connectivity index is 1.36. The largest absolute Gasteiger partial charge is 0.351 e. The number of piperidine rings is 1. The summed E-state index contributed by atoms with van der Waals surface area (Å²) in [6.07, 6.45) is 5.20. The maximum atomic E-state index is 12.5. The molecule has 152 valence electrons. The van der Waals surface area contributed by atoms with Gasteiger partial charge in [0.25, 0.3) is 0 Å². The number of H-pyrrole nitrogens is 1. The predicted molar refractivity (Wildman–Crippen MR) is 111 cm³/mol. The Morgan fingerprint density at radius 1 is 1.28 bits per heavy atom. The number of rotatable bonds is 5. The van der Waals surface area contributed by atoms with E-state index < -0.39 is 0 Å². The molecule has 1 saturated heterocycles. The number of nitrogens with zero attached hydrogens (tertiary/aromatic N) is 4. The van der Waals surface area contributed by atoms with Gasteiger partial charge in [0.1, 0.15) is 5.82 Å². The van der Waals surface area contributed by atoms with Crippen molar-refractivity contribution in [3.05, 3.63) is 47.7 Å². The molecule has 1 aliphatic carbocycles. The summed E-state index contributed by atoms with van der Waals surface area (Å²) in [5, 5.41) is 12.0. The molecule has 7 nitrogen and oxygen atoms in total. The van der Waals surface area contributed by atoms with Crippen LogP contribution < -0.4 is 5.32 Å². The van der Waals surface area contributed by atoms with Gasteiger partial charge in [-0.3, -0.25) is 14.8 Å². The number of likely N-dealkylation sites (tertiary alicyclic amines) is 1. The summed E-state index contributed by atoms with van der Waals surface area (Å²) in [7, 11) is 2.10. The molecule has 1 saturated carbocycles. The molecule has 2 aliphatic rings. The maximum absolute atomic E-state index is 12.5. The van der Waals surface area contributed by atoms with E-state index in [2.05, 4.69) is 67.5 Å². The average molecular weight is 393 g/mol. The molecule has 5 rings (SSSR count). The van der Waals surface area contributed by atoms with Crippen LogP contribution in [0, 0.1) is 12.8 Å². The molecule has 2 atom stereocenters. The van der Waals surface area contributed by atoms with Gasteiger partial charge in [-0.25, -0.2) is 4.98 Å². The van der Waals surface area contributed by atoms with Crippen LogP contribution in [0.4, 0.5) is 0 Å². The highest BCUT2D eigenvalue weighted by Crippen LogP contribution is 2.32. The number of carbonyl (C=O) groups excluding carboxylic acids is 1. The van der Waals surface area contributed by atoms with Crippen LogP contribution in [0.2, 0.25) is 0 Å². The second kappa shape index (κ2) is 7.30. The second-order valence-corrected chi connectivity index (χ2v) is 8.58. The van der Waals surface area contributed by atoms with E-state index in [1.54, 1.807) is 0 Å². The molecule has 2 N–H and O–H groups in total. The fraction of sp³-hybridized carbons (Fsp3) is 0.500. The summed E-state index contributed by atoms with van der Waals surface area (Å²) < 4.78 is 2.19. The third-order valence-corrected chi connectivity index (χ3v) is 6.29. The van der Waals surface area contributed by atoms with Crippen molar-refractivity contribution in [2.24, 2.45) is 13.0 Å². The quantitative estimate of drug-likeness (QED) is 0.699. The van der Waals surface area contributed by atoms with E-state index in [-0.39, 0.29) is 23.8 Å². The van der Waals surface area contributed by atoms with Crippen molar-refractivity contribution in [2.45, 2.75) is 44.7 Å². The number of aromatic nitrogens is 4. The van der Waals surface area contributed by atoms with Gasteiger partial charge in [-0.15, -0.1) is 0 Å². The van der Waals surface area contributed by atoms with Crippen LogP contribution in [0.5, 0.6) is 0 Å². The van der Waals surface area contributed by atoms with Gasteiger partial charge in [0, 0.05) is 49.1 Å². The Morgan fingerprint density at radius 2 is 2.10 bits per heavy atom. The lowest BCUT2D eigenvalue weighted by Crippen LogP contribution is -2.52. The van der Waals surface area contributed by atoms with Crippen molar-refractivity contribution in [3.63, 3.8) is 0 Å². The van der Waals surface area contributed by atoms with Crippen molar-refractivity contribution < 1.29 is 4.79 Å². The molecule has 2 aromatic heterocycles. The Labute approximate surface area is 170 Å². The molecular formula is C22H28N6O. The number of aromatic amines is 1. The minimum atomic E-state index is 0.0435. The van der Waals surface area contributed by atoms with E-state index in [1.807, 2.05) is 6.92 Å². The van der Waals surface area contributed by atoms with Crippen molar-refractivity contribution in [3.8, 4) is 0 Å². The molecule has 0 bridgehead atoms. The van der Waals surface area contributed by atoms with E-state index >= 15 is 0 Å². The van der Waals surface area contributed by atoms with Gasteiger partial charge in [-0.1, -0.05) is 18.2 Å². The smallest absolute Gasteiger partial charge is 0.223 e. The molecular weight excluding hydrogens is 364 g/mol. The van der Waals surface area contributed by atoms with Crippen LogP contribution in [0.1, 0.15) is 42.4 Å². The molecule has 1 aromatic carbocycles. The van der Waals surface area contributed by atoms with Crippen LogP contribution in [-0.2, 0) is 18.4 Å². The van der Waals surface area contributed by atoms with Gasteiger partial charge in [-0.05, 0) is 44.4 Å². The summed E-state index contributed by atoms with van der Waals surface area (Å²) in [4.78, 5) is 19.5. The summed E-state index contributed by atoms with van der Waals surface area (Å²) in [5.41, 5.74) is 2.59. The lowest BCUT2D eigenvalue weighted by molar-refractivity contribution is -0.123. The number of amides is 1. The normalized spacial score (nSPS) is 22.8. The first-order chi connectivity index (χ1) is 14.1. The Kier molecular flexibility index (Phi) is 4.62. The minimum Gasteiger partial charge on any atom is -0.351 e. The monoisotopic (exact) mass is 392 g/mol. The Hall–Kier alpha value is -2.67. The zero-order valence-corrected chi connectivity index (χ0v) is 17.1. The fourth-order valence-electron chi connectivity index (χ4n) is 4.58. The molecule has 3 aromatic rings. The molecule has 29 heavy (non-hydrogen) atoms. The molecule has 3 heterocycles. The standard InChI is InChI=1S/C22H28N6O/c1-14-23-21(26-25-14)18-9-10-28(13-19(18)24-22(29)15-7-8-15)12-16-11-27(2)20-6-4-3-5-17(16)20/h3-6,11,15,18-19H,7-10,12-13H2,1-2H3,(H,24,29)(H,23,25,26)/t18-,19+/m0/s1. The van der Waals surface area contributed by atoms with E-state index in [4.69, 9.17) is 0 Å². The summed E-state index contributed by atoms with van der Waals surface area (Å²) in [5.74, 6) is 2.21. The first-order valence-electron chi connectivity index (χ1n) is 10.5. The molecule has 1 amide bonds. The number of aryl methyl sites for hydroxylation is 2. The molecule has 1 aliphatic heterocycles. The van der Waals surface area contributed by atoms with Crippen molar-refractivity contribution in [1.82, 2.24) is 30.0 Å². The number of hydrogen-bond donors (Lipinski definition) is 2. The zero-order valence-electron chi connectivity index (χ0n) is 17.1. The van der Waals surface area contributed by atoms with Gasteiger partial charge in [0.15, 0.2) is 5.82 Å².